The van der Waals surface area contributed by atoms with Crippen LogP contribution in [-0.4, -0.2) is 10.1 Å². The van der Waals surface area contributed by atoms with Gasteiger partial charge in [0.05, 0.1) is 10.0 Å². The molecule has 0 saturated heterocycles. The summed E-state index contributed by atoms with van der Waals surface area (Å²) in [7, 11) is 0. The van der Waals surface area contributed by atoms with Crippen LogP contribution in [0.2, 0.25) is 10.0 Å². The normalized spacial score (nSPS) is 10.5. The van der Waals surface area contributed by atoms with Gasteiger partial charge < -0.3 is 4.52 Å². The first kappa shape index (κ1) is 10.2. The van der Waals surface area contributed by atoms with Crippen molar-refractivity contribution in [1.82, 2.24) is 10.1 Å². The van der Waals surface area contributed by atoms with E-state index in [-0.39, 0.29) is 0 Å². The average molecular weight is 341 g/mol. The summed E-state index contributed by atoms with van der Waals surface area (Å²) < 4.78 is 5.53. The molecule has 14 heavy (non-hydrogen) atoms. The molecule has 72 valence electrons. The highest BCUT2D eigenvalue weighted by molar-refractivity contribution is 14.1. The molecule has 0 aliphatic carbocycles. The third-order valence-corrected chi connectivity index (χ3v) is 2.74. The molecule has 0 fully saturated rings. The van der Waals surface area contributed by atoms with E-state index in [2.05, 4.69) is 10.1 Å². The maximum absolute atomic E-state index is 5.85. The van der Waals surface area contributed by atoms with Crippen LogP contribution in [0.15, 0.2) is 22.7 Å². The zero-order chi connectivity index (χ0) is 10.1. The van der Waals surface area contributed by atoms with Gasteiger partial charge in [-0.05, 0) is 18.2 Å². The van der Waals surface area contributed by atoms with Crippen LogP contribution in [0.3, 0.4) is 0 Å². The third-order valence-electron chi connectivity index (χ3n) is 1.57. The second-order valence-corrected chi connectivity index (χ2v) is 4.28. The topological polar surface area (TPSA) is 38.9 Å². The van der Waals surface area contributed by atoms with Crippen molar-refractivity contribution in [1.29, 1.82) is 0 Å². The van der Waals surface area contributed by atoms with Crippen molar-refractivity contribution in [3.8, 4) is 11.5 Å². The van der Waals surface area contributed by atoms with Crippen LogP contribution in [0.5, 0.6) is 0 Å². The molecular formula is C8H3Cl2IN2O. The number of aromatic nitrogens is 2. The van der Waals surface area contributed by atoms with Gasteiger partial charge in [0.2, 0.25) is 3.83 Å². The van der Waals surface area contributed by atoms with E-state index in [9.17, 15) is 0 Å². The Hall–Kier alpha value is -0.330. The number of nitrogens with zero attached hydrogens (tertiary/aromatic N) is 2. The molecule has 3 nitrogen and oxygen atoms in total. The highest BCUT2D eigenvalue weighted by atomic mass is 127. The number of hydrogen-bond acceptors (Lipinski definition) is 3. The smallest absolute Gasteiger partial charge is 0.258 e. The number of halogens is 3. The predicted molar refractivity (Wildman–Crippen MR) is 62.5 cm³/mol. The Balaban J connectivity index is 2.47. The zero-order valence-electron chi connectivity index (χ0n) is 6.67. The van der Waals surface area contributed by atoms with Crippen molar-refractivity contribution in [3.05, 3.63) is 32.1 Å². The summed E-state index contributed by atoms with van der Waals surface area (Å²) in [6, 6.07) is 5.15. The SMILES string of the molecule is Clc1ccc(-c2nc(I)no2)cc1Cl. The summed E-state index contributed by atoms with van der Waals surface area (Å²) in [5, 5.41) is 4.64. The zero-order valence-corrected chi connectivity index (χ0v) is 10.3. The number of benzene rings is 1. The van der Waals surface area contributed by atoms with Gasteiger partial charge in [-0.2, -0.15) is 4.98 Å². The van der Waals surface area contributed by atoms with Gasteiger partial charge in [0, 0.05) is 28.2 Å². The van der Waals surface area contributed by atoms with Crippen LogP contribution >= 0.6 is 45.8 Å². The van der Waals surface area contributed by atoms with Crippen LogP contribution < -0.4 is 0 Å². The molecule has 0 saturated carbocycles. The first-order valence-electron chi connectivity index (χ1n) is 3.61. The van der Waals surface area contributed by atoms with E-state index >= 15 is 0 Å². The van der Waals surface area contributed by atoms with Gasteiger partial charge in [0.25, 0.3) is 5.89 Å². The predicted octanol–water partition coefficient (Wildman–Crippen LogP) is 3.65. The summed E-state index contributed by atoms with van der Waals surface area (Å²) in [5.41, 5.74) is 0.759. The Morgan fingerprint density at radius 2 is 2.00 bits per heavy atom. The van der Waals surface area contributed by atoms with Crippen LogP contribution in [0, 0.1) is 3.83 Å². The summed E-state index contributed by atoms with van der Waals surface area (Å²) in [5.74, 6) is 0.438. The fourth-order valence-electron chi connectivity index (χ4n) is 0.952. The molecule has 0 atom stereocenters. The Morgan fingerprint density at radius 3 is 2.57 bits per heavy atom. The molecule has 0 N–H and O–H groups in total. The Labute approximate surface area is 104 Å². The number of rotatable bonds is 1. The highest BCUT2D eigenvalue weighted by Gasteiger charge is 2.08. The molecule has 1 aromatic carbocycles. The van der Waals surface area contributed by atoms with Crippen LogP contribution in [-0.2, 0) is 0 Å². The van der Waals surface area contributed by atoms with Crippen LogP contribution in [0.4, 0.5) is 0 Å². The average Bonchev–Trinajstić information content (AvgIpc) is 2.57. The monoisotopic (exact) mass is 340 g/mol. The van der Waals surface area contributed by atoms with Gasteiger partial charge in [0.15, 0.2) is 0 Å². The fourth-order valence-corrected chi connectivity index (χ4v) is 1.57. The summed E-state index contributed by atoms with van der Waals surface area (Å²) in [4.78, 5) is 4.06. The minimum absolute atomic E-state index is 0.438. The molecule has 1 heterocycles. The molecule has 0 aliphatic heterocycles. The maximum Gasteiger partial charge on any atom is 0.258 e. The molecule has 0 unspecified atom stereocenters. The van der Waals surface area contributed by atoms with Crippen molar-refractivity contribution in [2.24, 2.45) is 0 Å². The van der Waals surface area contributed by atoms with E-state index in [4.69, 9.17) is 27.7 Å². The third kappa shape index (κ3) is 2.02. The van der Waals surface area contributed by atoms with Crippen LogP contribution in [0.1, 0.15) is 0 Å². The molecule has 0 radical (unpaired) electrons. The van der Waals surface area contributed by atoms with E-state index in [1.54, 1.807) is 18.2 Å². The largest absolute Gasteiger partial charge is 0.333 e. The summed E-state index contributed by atoms with van der Waals surface area (Å²) in [6.45, 7) is 0. The molecule has 0 spiro atoms. The van der Waals surface area contributed by atoms with Crippen LogP contribution in [0.25, 0.3) is 11.5 Å². The molecule has 0 amide bonds. The van der Waals surface area contributed by atoms with E-state index in [1.165, 1.54) is 0 Å². The van der Waals surface area contributed by atoms with Gasteiger partial charge in [-0.3, -0.25) is 0 Å². The Morgan fingerprint density at radius 1 is 1.21 bits per heavy atom. The summed E-state index contributed by atoms with van der Waals surface area (Å²) in [6.07, 6.45) is 0. The molecule has 1 aromatic heterocycles. The van der Waals surface area contributed by atoms with E-state index in [0.29, 0.717) is 19.8 Å². The first-order chi connectivity index (χ1) is 6.66. The molecule has 0 bridgehead atoms. The standard InChI is InChI=1S/C8H3Cl2IN2O/c9-5-2-1-4(3-6(5)10)7-12-8(11)13-14-7/h1-3H. The quantitative estimate of drug-likeness (QED) is 0.744. The van der Waals surface area contributed by atoms with Gasteiger partial charge in [-0.15, -0.1) is 0 Å². The molecule has 2 aromatic rings. The lowest BCUT2D eigenvalue weighted by Crippen LogP contribution is -1.78. The first-order valence-corrected chi connectivity index (χ1v) is 5.45. The van der Waals surface area contributed by atoms with E-state index < -0.39 is 0 Å². The second kappa shape index (κ2) is 4.04. The van der Waals surface area contributed by atoms with Crippen molar-refractivity contribution in [2.75, 3.05) is 0 Å². The fraction of sp³-hybridized carbons (Fsp3) is 0. The highest BCUT2D eigenvalue weighted by Crippen LogP contribution is 2.27. The van der Waals surface area contributed by atoms with Gasteiger partial charge in [-0.1, -0.05) is 28.4 Å². The van der Waals surface area contributed by atoms with Crippen molar-refractivity contribution in [3.63, 3.8) is 0 Å². The van der Waals surface area contributed by atoms with Crippen molar-refractivity contribution < 1.29 is 4.52 Å². The molecule has 0 aliphatic rings. The minimum Gasteiger partial charge on any atom is -0.333 e. The molecule has 2 rings (SSSR count). The Kier molecular flexibility index (Phi) is 2.94. The summed E-state index contributed by atoms with van der Waals surface area (Å²) >= 11 is 13.6. The maximum atomic E-state index is 5.85. The van der Waals surface area contributed by atoms with Gasteiger partial charge in [-0.25, -0.2) is 0 Å². The molecule has 6 heteroatoms. The number of hydrogen-bond donors (Lipinski definition) is 0. The van der Waals surface area contributed by atoms with Crippen molar-refractivity contribution in [2.45, 2.75) is 0 Å². The van der Waals surface area contributed by atoms with Crippen molar-refractivity contribution >= 4 is 45.8 Å². The minimum atomic E-state index is 0.438. The van der Waals surface area contributed by atoms with Gasteiger partial charge >= 0.3 is 0 Å². The Bertz CT molecular complexity index is 472. The second-order valence-electron chi connectivity index (χ2n) is 2.50. The lowest BCUT2D eigenvalue weighted by atomic mass is 10.2. The van der Waals surface area contributed by atoms with E-state index in [1.807, 2.05) is 22.6 Å². The lowest BCUT2D eigenvalue weighted by molar-refractivity contribution is 0.426. The van der Waals surface area contributed by atoms with E-state index in [0.717, 1.165) is 5.56 Å². The lowest BCUT2D eigenvalue weighted by Gasteiger charge is -1.96. The molecular weight excluding hydrogens is 338 g/mol. The van der Waals surface area contributed by atoms with Gasteiger partial charge in [0.1, 0.15) is 0 Å².